The Kier molecular flexibility index (Phi) is 3.36. The number of amides is 1. The van der Waals surface area contributed by atoms with Crippen LogP contribution in [0.25, 0.3) is 10.9 Å². The average molecular weight is 252 g/mol. The minimum absolute atomic E-state index is 0.134. The van der Waals surface area contributed by atoms with E-state index in [0.29, 0.717) is 23.8 Å². The van der Waals surface area contributed by atoms with Gasteiger partial charge in [-0.3, -0.25) is 4.79 Å². The Bertz CT molecular complexity index is 562. The minimum Gasteiger partial charge on any atom is -0.349 e. The van der Waals surface area contributed by atoms with Gasteiger partial charge in [0.15, 0.2) is 0 Å². The zero-order valence-electron chi connectivity index (χ0n) is 9.53. The van der Waals surface area contributed by atoms with Gasteiger partial charge < -0.3 is 15.6 Å². The summed E-state index contributed by atoms with van der Waals surface area (Å²) in [6.45, 7) is 0.893. The number of carbonyl (C=O) groups is 1. The summed E-state index contributed by atoms with van der Waals surface area (Å²) >= 11 is 6.11. The maximum atomic E-state index is 11.9. The summed E-state index contributed by atoms with van der Waals surface area (Å²) in [5, 5.41) is 4.34. The molecule has 0 aliphatic carbocycles. The fraction of sp³-hybridized carbons (Fsp3) is 0.250. The Labute approximate surface area is 104 Å². The summed E-state index contributed by atoms with van der Waals surface area (Å²) in [5.74, 6) is -0.134. The lowest BCUT2D eigenvalue weighted by atomic mass is 10.2. The van der Waals surface area contributed by atoms with E-state index in [-0.39, 0.29) is 5.91 Å². The highest BCUT2D eigenvalue weighted by Crippen LogP contribution is 2.25. The molecule has 2 rings (SSSR count). The van der Waals surface area contributed by atoms with Crippen LogP contribution in [-0.2, 0) is 7.05 Å². The van der Waals surface area contributed by atoms with Gasteiger partial charge in [0, 0.05) is 25.5 Å². The van der Waals surface area contributed by atoms with Crippen molar-refractivity contribution in [3.05, 3.63) is 35.0 Å². The van der Waals surface area contributed by atoms with E-state index in [1.165, 1.54) is 0 Å². The van der Waals surface area contributed by atoms with E-state index >= 15 is 0 Å². The topological polar surface area (TPSA) is 60.0 Å². The molecule has 0 spiro atoms. The van der Waals surface area contributed by atoms with Crippen molar-refractivity contribution >= 4 is 28.4 Å². The smallest absolute Gasteiger partial charge is 0.267 e. The largest absolute Gasteiger partial charge is 0.349 e. The maximum absolute atomic E-state index is 11.9. The van der Waals surface area contributed by atoms with Crippen LogP contribution in [0.4, 0.5) is 0 Å². The lowest BCUT2D eigenvalue weighted by Crippen LogP contribution is -2.30. The third-order valence-corrected chi connectivity index (χ3v) is 2.97. The van der Waals surface area contributed by atoms with Crippen molar-refractivity contribution in [2.75, 3.05) is 13.1 Å². The van der Waals surface area contributed by atoms with Gasteiger partial charge in [-0.05, 0) is 12.1 Å². The standard InChI is InChI=1S/C12H14ClN3O/c1-16-10(12(17)15-6-5-14)7-8-3-2-4-9(13)11(8)16/h2-4,7H,5-6,14H2,1H3,(H,15,17). The number of carbonyl (C=O) groups excluding carboxylic acids is 1. The molecule has 0 radical (unpaired) electrons. The summed E-state index contributed by atoms with van der Waals surface area (Å²) in [6.07, 6.45) is 0. The number of hydrogen-bond donors (Lipinski definition) is 2. The number of fused-ring (bicyclic) bond motifs is 1. The lowest BCUT2D eigenvalue weighted by molar-refractivity contribution is 0.0947. The Morgan fingerprint density at radius 1 is 1.53 bits per heavy atom. The molecule has 5 heteroatoms. The fourth-order valence-electron chi connectivity index (χ4n) is 1.86. The highest BCUT2D eigenvalue weighted by atomic mass is 35.5. The van der Waals surface area contributed by atoms with Crippen LogP contribution in [0, 0.1) is 0 Å². The molecule has 0 unspecified atom stereocenters. The van der Waals surface area contributed by atoms with Crippen molar-refractivity contribution in [1.29, 1.82) is 0 Å². The first-order valence-electron chi connectivity index (χ1n) is 5.37. The molecule has 3 N–H and O–H groups in total. The number of nitrogens with zero attached hydrogens (tertiary/aromatic N) is 1. The lowest BCUT2D eigenvalue weighted by Gasteiger charge is -2.05. The Morgan fingerprint density at radius 2 is 2.29 bits per heavy atom. The molecule has 1 amide bonds. The van der Waals surface area contributed by atoms with Gasteiger partial charge in [0.1, 0.15) is 5.69 Å². The first-order chi connectivity index (χ1) is 8.15. The summed E-state index contributed by atoms with van der Waals surface area (Å²) in [7, 11) is 1.82. The highest BCUT2D eigenvalue weighted by Gasteiger charge is 2.14. The maximum Gasteiger partial charge on any atom is 0.267 e. The van der Waals surface area contributed by atoms with E-state index in [2.05, 4.69) is 5.32 Å². The van der Waals surface area contributed by atoms with Crippen LogP contribution < -0.4 is 11.1 Å². The van der Waals surface area contributed by atoms with Gasteiger partial charge in [0.2, 0.25) is 0 Å². The summed E-state index contributed by atoms with van der Waals surface area (Å²) in [5.41, 5.74) is 6.80. The van der Waals surface area contributed by atoms with Crippen LogP contribution in [-0.4, -0.2) is 23.6 Å². The molecule has 0 bridgehead atoms. The Morgan fingerprint density at radius 3 is 2.94 bits per heavy atom. The van der Waals surface area contributed by atoms with Crippen LogP contribution in [0.5, 0.6) is 0 Å². The van der Waals surface area contributed by atoms with Crippen molar-refractivity contribution in [3.63, 3.8) is 0 Å². The van der Waals surface area contributed by atoms with E-state index in [1.807, 2.05) is 31.3 Å². The molecule has 0 saturated heterocycles. The second-order valence-corrected chi connectivity index (χ2v) is 4.22. The quantitative estimate of drug-likeness (QED) is 0.869. The summed E-state index contributed by atoms with van der Waals surface area (Å²) < 4.78 is 1.80. The zero-order valence-corrected chi connectivity index (χ0v) is 10.3. The van der Waals surface area contributed by atoms with E-state index < -0.39 is 0 Å². The van der Waals surface area contributed by atoms with Gasteiger partial charge in [0.05, 0.1) is 10.5 Å². The van der Waals surface area contributed by atoms with Crippen molar-refractivity contribution < 1.29 is 4.79 Å². The molecule has 2 aromatic rings. The van der Waals surface area contributed by atoms with Gasteiger partial charge in [0.25, 0.3) is 5.91 Å². The van der Waals surface area contributed by atoms with Gasteiger partial charge in [-0.1, -0.05) is 23.7 Å². The Hall–Kier alpha value is -1.52. The van der Waals surface area contributed by atoms with Crippen molar-refractivity contribution in [3.8, 4) is 0 Å². The number of benzene rings is 1. The van der Waals surface area contributed by atoms with Crippen molar-refractivity contribution in [2.24, 2.45) is 12.8 Å². The van der Waals surface area contributed by atoms with Gasteiger partial charge >= 0.3 is 0 Å². The van der Waals surface area contributed by atoms with Gasteiger partial charge in [-0.15, -0.1) is 0 Å². The Balaban J connectivity index is 2.46. The van der Waals surface area contributed by atoms with E-state index in [9.17, 15) is 4.79 Å². The molecule has 4 nitrogen and oxygen atoms in total. The number of hydrogen-bond acceptors (Lipinski definition) is 2. The molecule has 1 aromatic heterocycles. The number of rotatable bonds is 3. The van der Waals surface area contributed by atoms with E-state index in [4.69, 9.17) is 17.3 Å². The van der Waals surface area contributed by atoms with E-state index in [0.717, 1.165) is 10.9 Å². The van der Waals surface area contributed by atoms with Crippen LogP contribution >= 0.6 is 11.6 Å². The molecule has 0 aliphatic rings. The zero-order chi connectivity index (χ0) is 12.4. The molecule has 0 fully saturated rings. The molecular formula is C12H14ClN3O. The molecule has 0 saturated carbocycles. The number of nitrogens with two attached hydrogens (primary N) is 1. The highest BCUT2D eigenvalue weighted by molar-refractivity contribution is 6.35. The van der Waals surface area contributed by atoms with E-state index in [1.54, 1.807) is 4.57 Å². The second-order valence-electron chi connectivity index (χ2n) is 3.81. The number of nitrogens with one attached hydrogen (secondary N) is 1. The first kappa shape index (κ1) is 12.0. The molecule has 1 heterocycles. The van der Waals surface area contributed by atoms with Crippen LogP contribution in [0.3, 0.4) is 0 Å². The second kappa shape index (κ2) is 4.77. The fourth-order valence-corrected chi connectivity index (χ4v) is 2.17. The first-order valence-corrected chi connectivity index (χ1v) is 5.75. The van der Waals surface area contributed by atoms with Crippen LogP contribution in [0.2, 0.25) is 5.02 Å². The SMILES string of the molecule is Cn1c(C(=O)NCCN)cc2cccc(Cl)c21. The summed E-state index contributed by atoms with van der Waals surface area (Å²) in [4.78, 5) is 11.9. The normalized spacial score (nSPS) is 10.8. The predicted octanol–water partition coefficient (Wildman–Crippen LogP) is 1.52. The average Bonchev–Trinajstić information content (AvgIpc) is 2.65. The number of para-hydroxylation sites is 1. The molecule has 17 heavy (non-hydrogen) atoms. The van der Waals surface area contributed by atoms with Crippen molar-refractivity contribution in [2.45, 2.75) is 0 Å². The number of aromatic nitrogens is 1. The molecule has 1 aromatic carbocycles. The number of aryl methyl sites for hydroxylation is 1. The molecule has 0 atom stereocenters. The third kappa shape index (κ3) is 2.14. The van der Waals surface area contributed by atoms with Crippen molar-refractivity contribution in [1.82, 2.24) is 9.88 Å². The monoisotopic (exact) mass is 251 g/mol. The van der Waals surface area contributed by atoms with Crippen LogP contribution in [0.1, 0.15) is 10.5 Å². The molecule has 90 valence electrons. The van der Waals surface area contributed by atoms with Crippen LogP contribution in [0.15, 0.2) is 24.3 Å². The van der Waals surface area contributed by atoms with Gasteiger partial charge in [-0.2, -0.15) is 0 Å². The predicted molar refractivity (Wildman–Crippen MR) is 69.3 cm³/mol. The molecule has 0 aliphatic heterocycles. The summed E-state index contributed by atoms with van der Waals surface area (Å²) in [6, 6.07) is 7.44. The third-order valence-electron chi connectivity index (χ3n) is 2.67. The minimum atomic E-state index is -0.134. The molecular weight excluding hydrogens is 238 g/mol. The van der Waals surface area contributed by atoms with Gasteiger partial charge in [-0.25, -0.2) is 0 Å². The number of halogens is 1.